The zero-order chi connectivity index (χ0) is 13.5. The molecule has 18 heavy (non-hydrogen) atoms. The van der Waals surface area contributed by atoms with Crippen LogP contribution < -0.4 is 16.5 Å². The average Bonchev–Trinajstić information content (AvgIpc) is 2.76. The van der Waals surface area contributed by atoms with Crippen LogP contribution in [0.4, 0.5) is 4.79 Å². The Morgan fingerprint density at radius 2 is 1.94 bits per heavy atom. The molecule has 0 aromatic carbocycles. The lowest BCUT2D eigenvalue weighted by molar-refractivity contribution is -0.140. The molecule has 1 rings (SSSR count). The Hall–Kier alpha value is -1.30. The van der Waals surface area contributed by atoms with Crippen molar-refractivity contribution >= 4 is 11.9 Å². The molecule has 1 saturated carbocycles. The Morgan fingerprint density at radius 1 is 1.33 bits per heavy atom. The summed E-state index contributed by atoms with van der Waals surface area (Å²) in [7, 11) is 0. The number of carbonyl (C=O) groups excluding carboxylic acids is 2. The molecular formula is C12H23N3O3. The molecule has 0 spiro atoms. The van der Waals surface area contributed by atoms with Gasteiger partial charge < -0.3 is 11.1 Å². The molecule has 6 nitrogen and oxygen atoms in total. The van der Waals surface area contributed by atoms with E-state index in [0.717, 1.165) is 25.7 Å². The molecule has 0 heterocycles. The second-order valence-corrected chi connectivity index (χ2v) is 5.18. The largest absolute Gasteiger partial charge is 0.352 e. The third-order valence-corrected chi connectivity index (χ3v) is 2.97. The Bertz CT molecular complexity index is 288. The molecule has 1 aliphatic carbocycles. The summed E-state index contributed by atoms with van der Waals surface area (Å²) in [6.45, 7) is 3.95. The van der Waals surface area contributed by atoms with Gasteiger partial charge >= 0.3 is 6.03 Å². The minimum absolute atomic E-state index is 0.0993. The first-order valence-electron chi connectivity index (χ1n) is 6.50. The molecule has 1 fully saturated rings. The molecule has 4 N–H and O–H groups in total. The summed E-state index contributed by atoms with van der Waals surface area (Å²) in [4.78, 5) is 28.0. The lowest BCUT2D eigenvalue weighted by Crippen LogP contribution is -2.49. The van der Waals surface area contributed by atoms with Crippen LogP contribution in [0.2, 0.25) is 0 Å². The Morgan fingerprint density at radius 3 is 2.44 bits per heavy atom. The maximum atomic E-state index is 11.9. The number of hydrogen-bond donors (Lipinski definition) is 3. The number of hydroxylamine groups is 1. The van der Waals surface area contributed by atoms with Gasteiger partial charge in [-0.1, -0.05) is 26.7 Å². The van der Waals surface area contributed by atoms with E-state index in [1.807, 2.05) is 13.8 Å². The lowest BCUT2D eigenvalue weighted by Gasteiger charge is -2.20. The van der Waals surface area contributed by atoms with Crippen molar-refractivity contribution in [2.75, 3.05) is 0 Å². The van der Waals surface area contributed by atoms with Crippen molar-refractivity contribution in [3.63, 3.8) is 0 Å². The van der Waals surface area contributed by atoms with Crippen LogP contribution in [0.15, 0.2) is 0 Å². The monoisotopic (exact) mass is 257 g/mol. The van der Waals surface area contributed by atoms with Crippen molar-refractivity contribution < 1.29 is 14.4 Å². The van der Waals surface area contributed by atoms with Gasteiger partial charge in [0.2, 0.25) is 0 Å². The smallest absolute Gasteiger partial charge is 0.312 e. The first kappa shape index (κ1) is 14.8. The highest BCUT2D eigenvalue weighted by Gasteiger charge is 2.23. The van der Waals surface area contributed by atoms with E-state index in [1.54, 1.807) is 0 Å². The zero-order valence-electron chi connectivity index (χ0n) is 11.1. The number of nitrogens with one attached hydrogen (secondary N) is 2. The summed E-state index contributed by atoms with van der Waals surface area (Å²) in [6, 6.07) is -1.33. The predicted molar refractivity (Wildman–Crippen MR) is 67.4 cm³/mol. The van der Waals surface area contributed by atoms with Gasteiger partial charge in [0, 0.05) is 0 Å². The highest BCUT2D eigenvalue weighted by molar-refractivity contribution is 5.85. The van der Waals surface area contributed by atoms with E-state index in [1.165, 1.54) is 0 Å². The van der Waals surface area contributed by atoms with Crippen LogP contribution in [-0.4, -0.2) is 24.1 Å². The molecule has 1 atom stereocenters. The summed E-state index contributed by atoms with van der Waals surface area (Å²) < 4.78 is 0. The maximum absolute atomic E-state index is 11.9. The highest BCUT2D eigenvalue weighted by Crippen LogP contribution is 2.19. The van der Waals surface area contributed by atoms with Gasteiger partial charge in [-0.15, -0.1) is 0 Å². The number of primary amides is 1. The molecule has 0 saturated heterocycles. The summed E-state index contributed by atoms with van der Waals surface area (Å²) in [5.74, 6) is -0.0616. The number of amides is 3. The normalized spacial score (nSPS) is 17.7. The minimum Gasteiger partial charge on any atom is -0.352 e. The first-order valence-corrected chi connectivity index (χ1v) is 6.50. The van der Waals surface area contributed by atoms with E-state index in [0.29, 0.717) is 6.42 Å². The highest BCUT2D eigenvalue weighted by atomic mass is 16.7. The number of urea groups is 1. The number of hydrogen-bond acceptors (Lipinski definition) is 3. The van der Waals surface area contributed by atoms with Gasteiger partial charge in [0.25, 0.3) is 5.91 Å². The number of nitrogens with two attached hydrogens (primary N) is 1. The zero-order valence-corrected chi connectivity index (χ0v) is 11.1. The summed E-state index contributed by atoms with van der Waals surface area (Å²) in [6.07, 6.45) is 4.84. The number of rotatable bonds is 6. The van der Waals surface area contributed by atoms with Crippen molar-refractivity contribution in [1.29, 1.82) is 0 Å². The van der Waals surface area contributed by atoms with Crippen molar-refractivity contribution in [2.24, 2.45) is 11.7 Å². The molecule has 0 radical (unpaired) electrons. The fourth-order valence-electron chi connectivity index (χ4n) is 2.09. The van der Waals surface area contributed by atoms with Gasteiger partial charge in [0.1, 0.15) is 6.04 Å². The lowest BCUT2D eigenvalue weighted by atomic mass is 10.0. The van der Waals surface area contributed by atoms with Crippen LogP contribution in [0.25, 0.3) is 0 Å². The fourth-order valence-corrected chi connectivity index (χ4v) is 2.09. The average molecular weight is 257 g/mol. The molecule has 0 aromatic rings. The second kappa shape index (κ2) is 7.20. The van der Waals surface area contributed by atoms with E-state index in [2.05, 4.69) is 10.8 Å². The van der Waals surface area contributed by atoms with Gasteiger partial charge in [-0.2, -0.15) is 0 Å². The third kappa shape index (κ3) is 5.35. The van der Waals surface area contributed by atoms with Gasteiger partial charge in [-0.05, 0) is 25.2 Å². The molecule has 104 valence electrons. The summed E-state index contributed by atoms with van der Waals surface area (Å²) in [5, 5.41) is 2.43. The van der Waals surface area contributed by atoms with Gasteiger partial charge in [-0.25, -0.2) is 10.3 Å². The fraction of sp³-hybridized carbons (Fsp3) is 0.833. The molecule has 0 aliphatic heterocycles. The minimum atomic E-state index is -0.698. The van der Waals surface area contributed by atoms with E-state index in [9.17, 15) is 9.59 Å². The SMILES string of the molecule is CC(C)CC(NC(N)=O)C(=O)NOC1CCCC1. The summed E-state index contributed by atoms with van der Waals surface area (Å²) >= 11 is 0. The van der Waals surface area contributed by atoms with E-state index in [4.69, 9.17) is 10.6 Å². The molecular weight excluding hydrogens is 234 g/mol. The maximum Gasteiger partial charge on any atom is 0.312 e. The Kier molecular flexibility index (Phi) is 5.91. The molecule has 3 amide bonds. The van der Waals surface area contributed by atoms with Gasteiger partial charge in [0.05, 0.1) is 6.10 Å². The van der Waals surface area contributed by atoms with Crippen molar-refractivity contribution in [3.8, 4) is 0 Å². The molecule has 1 aliphatic rings. The second-order valence-electron chi connectivity index (χ2n) is 5.18. The van der Waals surface area contributed by atoms with Crippen molar-refractivity contribution in [1.82, 2.24) is 10.8 Å². The molecule has 0 aromatic heterocycles. The quantitative estimate of drug-likeness (QED) is 0.621. The van der Waals surface area contributed by atoms with Gasteiger partial charge in [0.15, 0.2) is 0 Å². The first-order chi connectivity index (χ1) is 8.49. The van der Waals surface area contributed by atoms with Crippen LogP contribution in [0.5, 0.6) is 0 Å². The van der Waals surface area contributed by atoms with E-state index >= 15 is 0 Å². The number of carbonyl (C=O) groups is 2. The molecule has 6 heteroatoms. The predicted octanol–water partition coefficient (Wildman–Crippen LogP) is 1.06. The van der Waals surface area contributed by atoms with Crippen molar-refractivity contribution in [3.05, 3.63) is 0 Å². The Balaban J connectivity index is 2.39. The Labute approximate surface area is 108 Å². The van der Waals surface area contributed by atoms with Crippen LogP contribution in [-0.2, 0) is 9.63 Å². The van der Waals surface area contributed by atoms with Crippen molar-refractivity contribution in [2.45, 2.75) is 58.1 Å². The van der Waals surface area contributed by atoms with E-state index < -0.39 is 12.1 Å². The molecule has 1 unspecified atom stereocenters. The standard InChI is InChI=1S/C12H23N3O3/c1-8(2)7-10(14-12(13)17)11(16)15-18-9-5-3-4-6-9/h8-10H,3-7H2,1-2H3,(H,15,16)(H3,13,14,17). The van der Waals surface area contributed by atoms with Crippen LogP contribution >= 0.6 is 0 Å². The molecule has 0 bridgehead atoms. The summed E-state index contributed by atoms with van der Waals surface area (Å²) in [5.41, 5.74) is 7.48. The van der Waals surface area contributed by atoms with Crippen LogP contribution in [0.1, 0.15) is 46.0 Å². The van der Waals surface area contributed by atoms with Gasteiger partial charge in [-0.3, -0.25) is 9.63 Å². The van der Waals surface area contributed by atoms with E-state index in [-0.39, 0.29) is 17.9 Å². The third-order valence-electron chi connectivity index (χ3n) is 2.97. The van der Waals surface area contributed by atoms with Crippen LogP contribution in [0.3, 0.4) is 0 Å². The van der Waals surface area contributed by atoms with Crippen LogP contribution in [0, 0.1) is 5.92 Å². The topological polar surface area (TPSA) is 93.5 Å².